The number of hydrogen-bond acceptors (Lipinski definition) is 3. The molecule has 1 aliphatic heterocycles. The molecule has 5 nitrogen and oxygen atoms in total. The molecule has 1 saturated heterocycles. The van der Waals surface area contributed by atoms with E-state index in [4.69, 9.17) is 11.6 Å². The Labute approximate surface area is 143 Å². The molecule has 24 heavy (non-hydrogen) atoms. The van der Waals surface area contributed by atoms with Gasteiger partial charge in [0.1, 0.15) is 0 Å². The van der Waals surface area contributed by atoms with Crippen LogP contribution in [-0.4, -0.2) is 22.7 Å². The molecular weight excluding hydrogens is 328 g/mol. The summed E-state index contributed by atoms with van der Waals surface area (Å²) in [5.74, 6) is -0.280. The highest BCUT2D eigenvalue weighted by Gasteiger charge is 2.67. The normalized spacial score (nSPS) is 38.1. The van der Waals surface area contributed by atoms with Crippen LogP contribution >= 0.6 is 11.6 Å². The van der Waals surface area contributed by atoms with Crippen molar-refractivity contribution in [3.8, 4) is 0 Å². The minimum atomic E-state index is -0.497. The standard InChI is InChI=1S/C18H15ClN2O3/c19-9-3-1-2-8(6-9)16(22)20-21-17(23)14-10-4-5-11(13-7-12(10)13)15(14)18(21)24/h1-6,10-15H,7H2,(H,20,22). The summed E-state index contributed by atoms with van der Waals surface area (Å²) < 4.78 is 0. The van der Waals surface area contributed by atoms with E-state index >= 15 is 0 Å². The van der Waals surface area contributed by atoms with Crippen LogP contribution in [0.5, 0.6) is 0 Å². The summed E-state index contributed by atoms with van der Waals surface area (Å²) in [5, 5.41) is 1.37. The molecule has 5 aliphatic rings. The summed E-state index contributed by atoms with van der Waals surface area (Å²) >= 11 is 5.89. The molecule has 6 atom stereocenters. The summed E-state index contributed by atoms with van der Waals surface area (Å²) in [6.45, 7) is 0. The van der Waals surface area contributed by atoms with Crippen LogP contribution in [0.15, 0.2) is 36.4 Å². The molecule has 0 radical (unpaired) electrons. The maximum absolute atomic E-state index is 12.8. The zero-order valence-electron chi connectivity index (χ0n) is 12.7. The third-order valence-corrected chi connectivity index (χ3v) is 6.20. The van der Waals surface area contributed by atoms with Gasteiger partial charge in [0.15, 0.2) is 0 Å². The second kappa shape index (κ2) is 4.70. The Morgan fingerprint density at radius 1 is 1.08 bits per heavy atom. The second-order valence-electron chi connectivity index (χ2n) is 7.12. The number of allylic oxidation sites excluding steroid dienone is 2. The number of amides is 3. The molecule has 4 aliphatic carbocycles. The summed E-state index contributed by atoms with van der Waals surface area (Å²) in [6, 6.07) is 6.42. The van der Waals surface area contributed by atoms with Gasteiger partial charge >= 0.3 is 0 Å². The number of rotatable bonds is 2. The molecule has 1 N–H and O–H groups in total. The number of benzene rings is 1. The predicted octanol–water partition coefficient (Wildman–Crippen LogP) is 2.04. The van der Waals surface area contributed by atoms with Gasteiger partial charge in [-0.3, -0.25) is 19.8 Å². The summed E-state index contributed by atoms with van der Waals surface area (Å²) in [6.07, 6.45) is 5.33. The van der Waals surface area contributed by atoms with Crippen molar-refractivity contribution in [2.75, 3.05) is 0 Å². The minimum Gasteiger partial charge on any atom is -0.272 e. The van der Waals surface area contributed by atoms with Crippen molar-refractivity contribution in [2.45, 2.75) is 6.42 Å². The van der Waals surface area contributed by atoms with Gasteiger partial charge in [-0.2, -0.15) is 5.01 Å². The third kappa shape index (κ3) is 1.79. The molecule has 6 unspecified atom stereocenters. The van der Waals surface area contributed by atoms with E-state index in [-0.39, 0.29) is 35.5 Å². The van der Waals surface area contributed by atoms with Gasteiger partial charge in [0.2, 0.25) is 0 Å². The van der Waals surface area contributed by atoms with Gasteiger partial charge in [-0.25, -0.2) is 0 Å². The molecule has 1 heterocycles. The third-order valence-electron chi connectivity index (χ3n) is 5.96. The van der Waals surface area contributed by atoms with Gasteiger partial charge in [0.05, 0.1) is 11.8 Å². The van der Waals surface area contributed by atoms with Crippen LogP contribution in [0.2, 0.25) is 5.02 Å². The van der Waals surface area contributed by atoms with Gasteiger partial charge < -0.3 is 0 Å². The topological polar surface area (TPSA) is 66.5 Å². The van der Waals surface area contributed by atoms with Crippen LogP contribution in [0, 0.1) is 35.5 Å². The fourth-order valence-corrected chi connectivity index (χ4v) is 5.05. The van der Waals surface area contributed by atoms with Crippen molar-refractivity contribution in [3.05, 3.63) is 47.0 Å². The SMILES string of the molecule is O=C(NN1C(=O)C2C3C=CC(C4CC34)C2C1=O)c1cccc(Cl)c1. The lowest BCUT2D eigenvalue weighted by Crippen LogP contribution is -2.46. The number of imide groups is 1. The predicted molar refractivity (Wildman–Crippen MR) is 85.5 cm³/mol. The Balaban J connectivity index is 1.41. The van der Waals surface area contributed by atoms with Crippen LogP contribution in [0.3, 0.4) is 0 Å². The van der Waals surface area contributed by atoms with Crippen molar-refractivity contribution in [1.29, 1.82) is 0 Å². The van der Waals surface area contributed by atoms with Crippen molar-refractivity contribution in [2.24, 2.45) is 35.5 Å². The summed E-state index contributed by atoms with van der Waals surface area (Å²) in [5.41, 5.74) is 2.81. The highest BCUT2D eigenvalue weighted by atomic mass is 35.5. The summed E-state index contributed by atoms with van der Waals surface area (Å²) in [7, 11) is 0. The van der Waals surface area contributed by atoms with E-state index in [2.05, 4.69) is 17.6 Å². The van der Waals surface area contributed by atoms with Crippen molar-refractivity contribution in [1.82, 2.24) is 10.4 Å². The average Bonchev–Trinajstić information content (AvgIpc) is 3.36. The van der Waals surface area contributed by atoms with E-state index in [0.717, 1.165) is 11.4 Å². The Bertz CT molecular complexity index is 784. The Hall–Kier alpha value is -2.14. The van der Waals surface area contributed by atoms with E-state index < -0.39 is 5.91 Å². The lowest BCUT2D eigenvalue weighted by Gasteiger charge is -2.37. The van der Waals surface area contributed by atoms with Gasteiger partial charge in [0.25, 0.3) is 17.7 Å². The molecule has 1 aromatic carbocycles. The molecular formula is C18H15ClN2O3. The minimum absolute atomic E-state index is 0.148. The lowest BCUT2D eigenvalue weighted by molar-refractivity contribution is -0.143. The maximum Gasteiger partial charge on any atom is 0.270 e. The molecule has 6 heteroatoms. The highest BCUT2D eigenvalue weighted by molar-refractivity contribution is 6.31. The molecule has 6 rings (SSSR count). The zero-order chi connectivity index (χ0) is 16.6. The van der Waals surface area contributed by atoms with Crippen LogP contribution < -0.4 is 5.43 Å². The number of nitrogens with one attached hydrogen (secondary N) is 1. The van der Waals surface area contributed by atoms with Crippen LogP contribution in [-0.2, 0) is 9.59 Å². The van der Waals surface area contributed by atoms with Gasteiger partial charge in [-0.15, -0.1) is 0 Å². The van der Waals surface area contributed by atoms with Crippen LogP contribution in [0.25, 0.3) is 0 Å². The first-order chi connectivity index (χ1) is 11.6. The molecule has 122 valence electrons. The second-order valence-corrected chi connectivity index (χ2v) is 7.55. The number of nitrogens with zero attached hydrogens (tertiary/aromatic N) is 1. The highest BCUT2D eigenvalue weighted by Crippen LogP contribution is 2.65. The van der Waals surface area contributed by atoms with E-state index in [1.165, 1.54) is 6.07 Å². The van der Waals surface area contributed by atoms with Crippen LogP contribution in [0.1, 0.15) is 16.8 Å². The van der Waals surface area contributed by atoms with Crippen molar-refractivity contribution < 1.29 is 14.4 Å². The number of hydrogen-bond donors (Lipinski definition) is 1. The van der Waals surface area contributed by atoms with Crippen molar-refractivity contribution >= 4 is 29.3 Å². The average molecular weight is 343 g/mol. The molecule has 3 amide bonds. The quantitative estimate of drug-likeness (QED) is 0.660. The Morgan fingerprint density at radius 3 is 2.29 bits per heavy atom. The zero-order valence-corrected chi connectivity index (χ0v) is 13.4. The number of carbonyl (C=O) groups is 3. The largest absolute Gasteiger partial charge is 0.272 e. The molecule has 3 fully saturated rings. The fourth-order valence-electron chi connectivity index (χ4n) is 4.86. The summed E-state index contributed by atoms with van der Waals surface area (Å²) in [4.78, 5) is 37.9. The van der Waals surface area contributed by atoms with Gasteiger partial charge in [0, 0.05) is 10.6 Å². The van der Waals surface area contributed by atoms with E-state index in [1.807, 2.05) is 0 Å². The monoisotopic (exact) mass is 342 g/mol. The molecule has 2 bridgehead atoms. The van der Waals surface area contributed by atoms with Crippen molar-refractivity contribution in [3.63, 3.8) is 0 Å². The van der Waals surface area contributed by atoms with E-state index in [1.54, 1.807) is 18.2 Å². The smallest absolute Gasteiger partial charge is 0.270 e. The first kappa shape index (κ1) is 14.2. The number of carbonyl (C=O) groups excluding carboxylic acids is 3. The molecule has 0 spiro atoms. The number of halogens is 1. The first-order valence-corrected chi connectivity index (χ1v) is 8.57. The molecule has 2 saturated carbocycles. The molecule has 0 aromatic heterocycles. The lowest BCUT2D eigenvalue weighted by atomic mass is 9.63. The Morgan fingerprint density at radius 2 is 1.71 bits per heavy atom. The maximum atomic E-state index is 12.8. The van der Waals surface area contributed by atoms with E-state index in [9.17, 15) is 14.4 Å². The number of hydrazine groups is 1. The van der Waals surface area contributed by atoms with Crippen LogP contribution in [0.4, 0.5) is 0 Å². The molecule has 1 aromatic rings. The first-order valence-electron chi connectivity index (χ1n) is 8.19. The van der Waals surface area contributed by atoms with E-state index in [0.29, 0.717) is 22.4 Å². The van der Waals surface area contributed by atoms with Gasteiger partial charge in [-0.1, -0.05) is 29.8 Å². The van der Waals surface area contributed by atoms with Gasteiger partial charge in [-0.05, 0) is 48.3 Å². The fraction of sp³-hybridized carbons (Fsp3) is 0.389. The Kier molecular flexibility index (Phi) is 2.78.